The molecule has 0 N–H and O–H groups in total. The molecule has 1 atom stereocenters. The highest BCUT2D eigenvalue weighted by Crippen LogP contribution is 2.05. The van der Waals surface area contributed by atoms with E-state index in [0.29, 0.717) is 0 Å². The van der Waals surface area contributed by atoms with Gasteiger partial charge < -0.3 is 4.74 Å². The summed E-state index contributed by atoms with van der Waals surface area (Å²) in [5, 5.41) is 0. The Hall–Kier alpha value is 0.130. The molecular formula is C14H29OP. The second kappa shape index (κ2) is 15.1. The molecule has 0 amide bonds. The molecule has 0 aromatic rings. The van der Waals surface area contributed by atoms with Crippen LogP contribution in [-0.4, -0.2) is 19.4 Å². The van der Waals surface area contributed by atoms with Crippen LogP contribution in [0.3, 0.4) is 0 Å². The lowest BCUT2D eigenvalue weighted by atomic mass is 10.1. The summed E-state index contributed by atoms with van der Waals surface area (Å²) in [6.45, 7) is 5.64. The van der Waals surface area contributed by atoms with Crippen molar-refractivity contribution >= 4 is 9.24 Å². The zero-order valence-corrected chi connectivity index (χ0v) is 11.9. The van der Waals surface area contributed by atoms with Crippen LogP contribution in [0.5, 0.6) is 0 Å². The number of ether oxygens (including phenoxy) is 1. The van der Waals surface area contributed by atoms with E-state index in [4.69, 9.17) is 4.74 Å². The van der Waals surface area contributed by atoms with Crippen LogP contribution in [-0.2, 0) is 4.74 Å². The average molecular weight is 244 g/mol. The van der Waals surface area contributed by atoms with E-state index in [9.17, 15) is 0 Å². The van der Waals surface area contributed by atoms with Gasteiger partial charge in [-0.3, -0.25) is 0 Å². The molecule has 0 aliphatic rings. The molecule has 2 heteroatoms. The molecule has 0 aliphatic heterocycles. The first-order valence-electron chi connectivity index (χ1n) is 6.80. The van der Waals surface area contributed by atoms with Crippen molar-refractivity contribution in [3.63, 3.8) is 0 Å². The standard InChI is InChI=1S/C14H29OP/c1-2-3-4-5-6-9-12-15-13-10-7-8-11-14-16/h2H,1,3-14,16H2. The molecule has 0 spiro atoms. The molecule has 0 heterocycles. The third-order valence-corrected chi connectivity index (χ3v) is 3.10. The van der Waals surface area contributed by atoms with E-state index in [1.165, 1.54) is 57.5 Å². The van der Waals surface area contributed by atoms with Gasteiger partial charge in [-0.15, -0.1) is 15.8 Å². The normalized spacial score (nSPS) is 10.6. The van der Waals surface area contributed by atoms with Gasteiger partial charge in [0.15, 0.2) is 0 Å². The smallest absolute Gasteiger partial charge is 0.0466 e. The summed E-state index contributed by atoms with van der Waals surface area (Å²) in [6.07, 6.45) is 14.8. The van der Waals surface area contributed by atoms with Crippen LogP contribution in [0, 0.1) is 0 Å². The van der Waals surface area contributed by atoms with Crippen molar-refractivity contribution in [3.05, 3.63) is 12.7 Å². The maximum Gasteiger partial charge on any atom is 0.0466 e. The largest absolute Gasteiger partial charge is 0.381 e. The van der Waals surface area contributed by atoms with Crippen LogP contribution in [0.2, 0.25) is 0 Å². The molecule has 0 saturated heterocycles. The Labute approximate surface area is 104 Å². The minimum Gasteiger partial charge on any atom is -0.381 e. The van der Waals surface area contributed by atoms with Crippen molar-refractivity contribution < 1.29 is 4.74 Å². The summed E-state index contributed by atoms with van der Waals surface area (Å²) < 4.78 is 5.60. The van der Waals surface area contributed by atoms with E-state index >= 15 is 0 Å². The molecule has 0 radical (unpaired) electrons. The highest BCUT2D eigenvalue weighted by atomic mass is 31.0. The van der Waals surface area contributed by atoms with E-state index in [1.807, 2.05) is 6.08 Å². The van der Waals surface area contributed by atoms with E-state index in [-0.39, 0.29) is 0 Å². The van der Waals surface area contributed by atoms with Crippen LogP contribution in [0.25, 0.3) is 0 Å². The Bertz CT molecular complexity index is 137. The predicted octanol–water partition coefficient (Wildman–Crippen LogP) is 4.58. The summed E-state index contributed by atoms with van der Waals surface area (Å²) in [5.41, 5.74) is 0. The first-order valence-corrected chi connectivity index (χ1v) is 7.62. The van der Waals surface area contributed by atoms with Gasteiger partial charge in [0.1, 0.15) is 0 Å². The van der Waals surface area contributed by atoms with Crippen LogP contribution in [0.4, 0.5) is 0 Å². The molecule has 0 rings (SSSR count). The predicted molar refractivity (Wildman–Crippen MR) is 77.1 cm³/mol. The summed E-state index contributed by atoms with van der Waals surface area (Å²) in [5.74, 6) is 0. The van der Waals surface area contributed by atoms with E-state index in [0.717, 1.165) is 19.6 Å². The summed E-state index contributed by atoms with van der Waals surface area (Å²) in [7, 11) is 2.78. The first-order chi connectivity index (χ1) is 7.91. The van der Waals surface area contributed by atoms with Crippen LogP contribution in [0.15, 0.2) is 12.7 Å². The van der Waals surface area contributed by atoms with Crippen LogP contribution < -0.4 is 0 Å². The minimum atomic E-state index is 0.956. The number of hydrogen-bond donors (Lipinski definition) is 0. The highest BCUT2D eigenvalue weighted by molar-refractivity contribution is 7.16. The fourth-order valence-corrected chi connectivity index (χ4v) is 1.94. The SMILES string of the molecule is C=CCCCCCCOCCCCCCP. The monoisotopic (exact) mass is 244 g/mol. The molecule has 0 aliphatic carbocycles. The van der Waals surface area contributed by atoms with E-state index < -0.39 is 0 Å². The zero-order valence-electron chi connectivity index (χ0n) is 10.8. The first kappa shape index (κ1) is 16.1. The van der Waals surface area contributed by atoms with Gasteiger partial charge in [-0.25, -0.2) is 0 Å². The lowest BCUT2D eigenvalue weighted by Crippen LogP contribution is -1.97. The van der Waals surface area contributed by atoms with Gasteiger partial charge in [-0.05, 0) is 38.3 Å². The topological polar surface area (TPSA) is 9.23 Å². The Kier molecular flexibility index (Phi) is 15.3. The van der Waals surface area contributed by atoms with Gasteiger partial charge >= 0.3 is 0 Å². The maximum absolute atomic E-state index is 5.60. The van der Waals surface area contributed by atoms with E-state index in [1.54, 1.807) is 0 Å². The maximum atomic E-state index is 5.60. The van der Waals surface area contributed by atoms with Crippen molar-refractivity contribution in [2.75, 3.05) is 19.4 Å². The number of allylic oxidation sites excluding steroid dienone is 1. The van der Waals surface area contributed by atoms with Gasteiger partial charge in [0, 0.05) is 13.2 Å². The number of hydrogen-bond acceptors (Lipinski definition) is 1. The van der Waals surface area contributed by atoms with Crippen molar-refractivity contribution in [3.8, 4) is 0 Å². The molecule has 0 saturated carbocycles. The number of rotatable bonds is 13. The Morgan fingerprint density at radius 2 is 1.38 bits per heavy atom. The second-order valence-electron chi connectivity index (χ2n) is 4.31. The molecule has 0 fully saturated rings. The molecule has 0 aromatic heterocycles. The lowest BCUT2D eigenvalue weighted by molar-refractivity contribution is 0.126. The van der Waals surface area contributed by atoms with E-state index in [2.05, 4.69) is 15.8 Å². The molecule has 0 aromatic carbocycles. The fraction of sp³-hybridized carbons (Fsp3) is 0.857. The Balaban J connectivity index is 2.85. The minimum absolute atomic E-state index is 0.956. The van der Waals surface area contributed by atoms with Gasteiger partial charge in [0.25, 0.3) is 0 Å². The summed E-state index contributed by atoms with van der Waals surface area (Å²) >= 11 is 0. The zero-order chi connectivity index (χ0) is 11.9. The van der Waals surface area contributed by atoms with Crippen molar-refractivity contribution in [1.82, 2.24) is 0 Å². The molecule has 1 unspecified atom stereocenters. The van der Waals surface area contributed by atoms with Crippen LogP contribution >= 0.6 is 9.24 Å². The number of unbranched alkanes of at least 4 members (excludes halogenated alkanes) is 7. The quantitative estimate of drug-likeness (QED) is 0.262. The fourth-order valence-electron chi connectivity index (χ4n) is 1.65. The van der Waals surface area contributed by atoms with Gasteiger partial charge in [0.2, 0.25) is 0 Å². The van der Waals surface area contributed by atoms with Gasteiger partial charge in [-0.1, -0.05) is 31.8 Å². The highest BCUT2D eigenvalue weighted by Gasteiger charge is 1.92. The Morgan fingerprint density at radius 3 is 1.94 bits per heavy atom. The molecule has 16 heavy (non-hydrogen) atoms. The van der Waals surface area contributed by atoms with Crippen molar-refractivity contribution in [1.29, 1.82) is 0 Å². The average Bonchev–Trinajstić information content (AvgIpc) is 2.31. The van der Waals surface area contributed by atoms with Crippen molar-refractivity contribution in [2.24, 2.45) is 0 Å². The van der Waals surface area contributed by atoms with Crippen molar-refractivity contribution in [2.45, 2.75) is 57.8 Å². The summed E-state index contributed by atoms with van der Waals surface area (Å²) in [6, 6.07) is 0. The van der Waals surface area contributed by atoms with Gasteiger partial charge in [-0.2, -0.15) is 0 Å². The molecular weight excluding hydrogens is 215 g/mol. The third kappa shape index (κ3) is 14.1. The third-order valence-electron chi connectivity index (χ3n) is 2.69. The summed E-state index contributed by atoms with van der Waals surface area (Å²) in [4.78, 5) is 0. The molecule has 1 nitrogen and oxygen atoms in total. The Morgan fingerprint density at radius 1 is 0.812 bits per heavy atom. The van der Waals surface area contributed by atoms with Crippen LogP contribution in [0.1, 0.15) is 57.8 Å². The van der Waals surface area contributed by atoms with Gasteiger partial charge in [0.05, 0.1) is 0 Å². The lowest BCUT2D eigenvalue weighted by Gasteiger charge is -2.04. The molecule has 0 bridgehead atoms. The molecule has 96 valence electrons. The second-order valence-corrected chi connectivity index (χ2v) is 4.88.